The lowest BCUT2D eigenvalue weighted by atomic mass is 10.2. The molecule has 1 aromatic heterocycles. The third kappa shape index (κ3) is 2.92. The van der Waals surface area contributed by atoms with Gasteiger partial charge in [0.2, 0.25) is 5.95 Å². The topological polar surface area (TPSA) is 64.3 Å². The zero-order valence-corrected chi connectivity index (χ0v) is 10.3. The zero-order valence-electron chi connectivity index (χ0n) is 10.3. The van der Waals surface area contributed by atoms with Crippen LogP contribution < -0.4 is 10.6 Å². The molecule has 0 bridgehead atoms. The zero-order chi connectivity index (χ0) is 12.1. The largest absolute Gasteiger partial charge is 0.377 e. The number of aromatic nitrogens is 2. The van der Waals surface area contributed by atoms with Gasteiger partial charge >= 0.3 is 0 Å². The minimum absolute atomic E-state index is 0.195. The molecule has 1 aromatic rings. The second-order valence-corrected chi connectivity index (χ2v) is 4.30. The third-order valence-corrected chi connectivity index (χ3v) is 2.99. The highest BCUT2D eigenvalue weighted by molar-refractivity contribution is 5.32. The summed E-state index contributed by atoms with van der Waals surface area (Å²) in [7, 11) is 0. The number of nitrogens with two attached hydrogens (primary N) is 1. The van der Waals surface area contributed by atoms with Gasteiger partial charge in [-0.25, -0.2) is 9.97 Å². The van der Waals surface area contributed by atoms with Crippen LogP contribution in [0.3, 0.4) is 0 Å². The summed E-state index contributed by atoms with van der Waals surface area (Å²) < 4.78 is 5.41. The fourth-order valence-corrected chi connectivity index (χ4v) is 2.03. The molecule has 0 radical (unpaired) electrons. The first-order valence-corrected chi connectivity index (χ1v) is 6.20. The van der Waals surface area contributed by atoms with Crippen LogP contribution in [0, 0.1) is 0 Å². The highest BCUT2D eigenvalue weighted by Gasteiger charge is 2.23. The Kier molecular flexibility index (Phi) is 4.28. The molecule has 0 amide bonds. The maximum absolute atomic E-state index is 5.73. The van der Waals surface area contributed by atoms with Gasteiger partial charge in [0.25, 0.3) is 0 Å². The number of anilines is 1. The van der Waals surface area contributed by atoms with E-state index in [1.54, 1.807) is 0 Å². The van der Waals surface area contributed by atoms with E-state index in [2.05, 4.69) is 21.8 Å². The summed E-state index contributed by atoms with van der Waals surface area (Å²) in [5, 5.41) is 0. The number of hydrogen-bond acceptors (Lipinski definition) is 5. The second kappa shape index (κ2) is 5.93. The van der Waals surface area contributed by atoms with Crippen LogP contribution in [0.2, 0.25) is 0 Å². The first kappa shape index (κ1) is 12.3. The highest BCUT2D eigenvalue weighted by Crippen LogP contribution is 2.14. The fraction of sp³-hybridized carbons (Fsp3) is 0.667. The van der Waals surface area contributed by atoms with Gasteiger partial charge in [-0.3, -0.25) is 0 Å². The molecule has 2 heterocycles. The van der Waals surface area contributed by atoms with E-state index in [1.165, 1.54) is 5.56 Å². The van der Waals surface area contributed by atoms with Crippen molar-refractivity contribution in [2.24, 2.45) is 5.73 Å². The monoisotopic (exact) mass is 236 g/mol. The van der Waals surface area contributed by atoms with E-state index < -0.39 is 0 Å². The molecule has 5 nitrogen and oxygen atoms in total. The summed E-state index contributed by atoms with van der Waals surface area (Å²) in [5.74, 6) is 0.767. The van der Waals surface area contributed by atoms with Gasteiger partial charge in [-0.05, 0) is 12.0 Å². The van der Waals surface area contributed by atoms with Crippen LogP contribution in [-0.2, 0) is 11.2 Å². The third-order valence-electron chi connectivity index (χ3n) is 2.99. The minimum atomic E-state index is 0.195. The van der Waals surface area contributed by atoms with Crippen molar-refractivity contribution in [2.45, 2.75) is 25.8 Å². The van der Waals surface area contributed by atoms with E-state index in [1.807, 2.05) is 12.4 Å². The van der Waals surface area contributed by atoms with E-state index in [9.17, 15) is 0 Å². The molecule has 0 aliphatic carbocycles. The standard InChI is InChI=1S/C12H20N4O/c1-2-3-10-7-14-12(15-8-10)16-4-5-17-9-11(16)6-13/h7-8,11H,2-6,9,13H2,1H3. The summed E-state index contributed by atoms with van der Waals surface area (Å²) in [6, 6.07) is 0.195. The maximum atomic E-state index is 5.73. The van der Waals surface area contributed by atoms with Crippen LogP contribution in [0.4, 0.5) is 5.95 Å². The Morgan fingerprint density at radius 3 is 2.88 bits per heavy atom. The van der Waals surface area contributed by atoms with Crippen LogP contribution in [0.1, 0.15) is 18.9 Å². The van der Waals surface area contributed by atoms with Gasteiger partial charge in [0, 0.05) is 25.5 Å². The predicted molar refractivity (Wildman–Crippen MR) is 67.0 cm³/mol. The summed E-state index contributed by atoms with van der Waals surface area (Å²) in [6.45, 7) is 4.92. The van der Waals surface area contributed by atoms with Gasteiger partial charge in [0.1, 0.15) is 0 Å². The van der Waals surface area contributed by atoms with E-state index in [4.69, 9.17) is 10.5 Å². The lowest BCUT2D eigenvalue weighted by molar-refractivity contribution is 0.0954. The summed E-state index contributed by atoms with van der Waals surface area (Å²) in [4.78, 5) is 11.0. The number of morpholine rings is 1. The molecule has 2 rings (SSSR count). The van der Waals surface area contributed by atoms with Crippen molar-refractivity contribution >= 4 is 5.95 Å². The van der Waals surface area contributed by atoms with Gasteiger partial charge < -0.3 is 15.4 Å². The Balaban J connectivity index is 2.09. The lowest BCUT2D eigenvalue weighted by Gasteiger charge is -2.34. The Morgan fingerprint density at radius 2 is 2.24 bits per heavy atom. The first-order chi connectivity index (χ1) is 8.35. The van der Waals surface area contributed by atoms with Crippen molar-refractivity contribution in [1.29, 1.82) is 0 Å². The molecule has 1 aliphatic rings. The highest BCUT2D eigenvalue weighted by atomic mass is 16.5. The van der Waals surface area contributed by atoms with E-state index >= 15 is 0 Å². The van der Waals surface area contributed by atoms with Crippen molar-refractivity contribution in [3.8, 4) is 0 Å². The van der Waals surface area contributed by atoms with Crippen molar-refractivity contribution in [2.75, 3.05) is 31.2 Å². The normalized spacial score (nSPS) is 20.6. The van der Waals surface area contributed by atoms with Crippen molar-refractivity contribution in [3.05, 3.63) is 18.0 Å². The maximum Gasteiger partial charge on any atom is 0.225 e. The van der Waals surface area contributed by atoms with E-state index in [-0.39, 0.29) is 6.04 Å². The van der Waals surface area contributed by atoms with Crippen LogP contribution in [-0.4, -0.2) is 42.3 Å². The summed E-state index contributed by atoms with van der Waals surface area (Å²) >= 11 is 0. The number of ether oxygens (including phenoxy) is 1. The molecular weight excluding hydrogens is 216 g/mol. The molecule has 1 unspecified atom stereocenters. The van der Waals surface area contributed by atoms with Crippen LogP contribution in [0.15, 0.2) is 12.4 Å². The molecule has 1 atom stereocenters. The number of hydrogen-bond donors (Lipinski definition) is 1. The number of nitrogens with zero attached hydrogens (tertiary/aromatic N) is 3. The van der Waals surface area contributed by atoms with Crippen molar-refractivity contribution in [3.63, 3.8) is 0 Å². The van der Waals surface area contributed by atoms with E-state index in [0.29, 0.717) is 13.2 Å². The lowest BCUT2D eigenvalue weighted by Crippen LogP contribution is -2.50. The Morgan fingerprint density at radius 1 is 1.47 bits per heavy atom. The molecule has 1 aliphatic heterocycles. The summed E-state index contributed by atoms with van der Waals surface area (Å²) in [5.41, 5.74) is 6.92. The average Bonchev–Trinajstić information content (AvgIpc) is 2.40. The van der Waals surface area contributed by atoms with Crippen molar-refractivity contribution < 1.29 is 4.74 Å². The smallest absolute Gasteiger partial charge is 0.225 e. The quantitative estimate of drug-likeness (QED) is 0.829. The Hall–Kier alpha value is -1.20. The molecule has 0 aromatic carbocycles. The van der Waals surface area contributed by atoms with Gasteiger partial charge in [-0.1, -0.05) is 13.3 Å². The second-order valence-electron chi connectivity index (χ2n) is 4.30. The molecule has 17 heavy (non-hydrogen) atoms. The molecular formula is C12H20N4O. The number of rotatable bonds is 4. The first-order valence-electron chi connectivity index (χ1n) is 6.20. The molecule has 1 saturated heterocycles. The fourth-order valence-electron chi connectivity index (χ4n) is 2.03. The molecule has 1 fully saturated rings. The van der Waals surface area contributed by atoms with Crippen LogP contribution >= 0.6 is 0 Å². The Labute approximate surface area is 102 Å². The van der Waals surface area contributed by atoms with Gasteiger partial charge in [0.05, 0.1) is 19.3 Å². The molecule has 5 heteroatoms. The van der Waals surface area contributed by atoms with Gasteiger partial charge in [-0.2, -0.15) is 0 Å². The van der Waals surface area contributed by atoms with Crippen LogP contribution in [0.25, 0.3) is 0 Å². The molecule has 0 saturated carbocycles. The number of aryl methyl sites for hydroxylation is 1. The van der Waals surface area contributed by atoms with Crippen molar-refractivity contribution in [1.82, 2.24) is 9.97 Å². The minimum Gasteiger partial charge on any atom is -0.377 e. The molecule has 94 valence electrons. The van der Waals surface area contributed by atoms with Gasteiger partial charge in [0.15, 0.2) is 0 Å². The Bertz CT molecular complexity index is 341. The average molecular weight is 236 g/mol. The van der Waals surface area contributed by atoms with Crippen LogP contribution in [0.5, 0.6) is 0 Å². The molecule has 2 N–H and O–H groups in total. The molecule has 0 spiro atoms. The van der Waals surface area contributed by atoms with Gasteiger partial charge in [-0.15, -0.1) is 0 Å². The summed E-state index contributed by atoms with van der Waals surface area (Å²) in [6.07, 6.45) is 5.97. The SMILES string of the molecule is CCCc1cnc(N2CCOCC2CN)nc1. The van der Waals surface area contributed by atoms with E-state index in [0.717, 1.165) is 31.9 Å². The predicted octanol–water partition coefficient (Wildman–Crippen LogP) is 0.593.